The van der Waals surface area contributed by atoms with E-state index in [0.717, 1.165) is 22.4 Å². The SMILES string of the molecule is Cc1cc(C)c(C)c(Oc2ccc(C=O)cc2C#N)c1. The Morgan fingerprint density at radius 2 is 1.85 bits per heavy atom. The molecule has 2 aromatic rings. The van der Waals surface area contributed by atoms with Gasteiger partial charge in [0.25, 0.3) is 0 Å². The first-order chi connectivity index (χ1) is 9.55. The number of nitrogens with zero attached hydrogens (tertiary/aromatic N) is 1. The van der Waals surface area contributed by atoms with Crippen LogP contribution in [0, 0.1) is 32.1 Å². The number of carbonyl (C=O) groups is 1. The van der Waals surface area contributed by atoms with Gasteiger partial charge in [-0.25, -0.2) is 0 Å². The Morgan fingerprint density at radius 1 is 1.10 bits per heavy atom. The van der Waals surface area contributed by atoms with Gasteiger partial charge in [-0.15, -0.1) is 0 Å². The van der Waals surface area contributed by atoms with E-state index in [4.69, 9.17) is 10.00 Å². The zero-order valence-electron chi connectivity index (χ0n) is 11.7. The number of aldehydes is 1. The van der Waals surface area contributed by atoms with Gasteiger partial charge in [0.05, 0.1) is 5.56 Å². The normalized spacial score (nSPS) is 9.90. The second kappa shape index (κ2) is 5.58. The van der Waals surface area contributed by atoms with Crippen molar-refractivity contribution in [3.63, 3.8) is 0 Å². The summed E-state index contributed by atoms with van der Waals surface area (Å²) in [7, 11) is 0. The molecule has 0 spiro atoms. The van der Waals surface area contributed by atoms with Gasteiger partial charge in [-0.2, -0.15) is 5.26 Å². The maximum absolute atomic E-state index is 10.7. The van der Waals surface area contributed by atoms with E-state index in [0.29, 0.717) is 23.2 Å². The average Bonchev–Trinajstić information content (AvgIpc) is 2.44. The van der Waals surface area contributed by atoms with Gasteiger partial charge < -0.3 is 4.74 Å². The molecular formula is C17H15NO2. The summed E-state index contributed by atoms with van der Waals surface area (Å²) in [5.74, 6) is 1.20. The number of aryl methyl sites for hydroxylation is 2. The minimum Gasteiger partial charge on any atom is -0.456 e. The van der Waals surface area contributed by atoms with E-state index < -0.39 is 0 Å². The molecule has 0 saturated heterocycles. The number of ether oxygens (including phenoxy) is 1. The highest BCUT2D eigenvalue weighted by atomic mass is 16.5. The Balaban J connectivity index is 2.45. The fourth-order valence-electron chi connectivity index (χ4n) is 2.02. The van der Waals surface area contributed by atoms with Crippen molar-refractivity contribution < 1.29 is 9.53 Å². The van der Waals surface area contributed by atoms with Crippen LogP contribution in [0.5, 0.6) is 11.5 Å². The molecule has 0 radical (unpaired) electrons. The molecule has 0 fully saturated rings. The Morgan fingerprint density at radius 3 is 2.50 bits per heavy atom. The fraction of sp³-hybridized carbons (Fsp3) is 0.176. The van der Waals surface area contributed by atoms with Crippen LogP contribution in [-0.2, 0) is 0 Å². The summed E-state index contributed by atoms with van der Waals surface area (Å²) >= 11 is 0. The highest BCUT2D eigenvalue weighted by Crippen LogP contribution is 2.30. The maximum Gasteiger partial charge on any atom is 0.150 e. The molecule has 3 nitrogen and oxygen atoms in total. The lowest BCUT2D eigenvalue weighted by Crippen LogP contribution is -1.94. The molecule has 0 aliphatic carbocycles. The Kier molecular flexibility index (Phi) is 3.86. The van der Waals surface area contributed by atoms with Crippen molar-refractivity contribution in [1.82, 2.24) is 0 Å². The van der Waals surface area contributed by atoms with Gasteiger partial charge in [-0.3, -0.25) is 4.79 Å². The molecule has 0 aliphatic rings. The predicted octanol–water partition coefficient (Wildman–Crippen LogP) is 4.09. The van der Waals surface area contributed by atoms with Crippen LogP contribution in [0.15, 0.2) is 30.3 Å². The van der Waals surface area contributed by atoms with Gasteiger partial charge in [0.1, 0.15) is 23.9 Å². The quantitative estimate of drug-likeness (QED) is 0.785. The molecule has 3 heteroatoms. The summed E-state index contributed by atoms with van der Waals surface area (Å²) in [5.41, 5.74) is 4.10. The van der Waals surface area contributed by atoms with Crippen LogP contribution in [0.1, 0.15) is 32.6 Å². The first-order valence-electron chi connectivity index (χ1n) is 6.30. The van der Waals surface area contributed by atoms with E-state index in [-0.39, 0.29) is 0 Å². The molecule has 0 aromatic heterocycles. The molecule has 100 valence electrons. The monoisotopic (exact) mass is 265 g/mol. The Hall–Kier alpha value is -2.60. The molecular weight excluding hydrogens is 250 g/mol. The van der Waals surface area contributed by atoms with Crippen molar-refractivity contribution in [2.45, 2.75) is 20.8 Å². The van der Waals surface area contributed by atoms with Crippen LogP contribution in [0.2, 0.25) is 0 Å². The third-order valence-electron chi connectivity index (χ3n) is 3.24. The van der Waals surface area contributed by atoms with Crippen molar-refractivity contribution in [3.05, 3.63) is 58.1 Å². The number of carbonyl (C=O) groups excluding carboxylic acids is 1. The molecule has 0 saturated carbocycles. The van der Waals surface area contributed by atoms with Crippen molar-refractivity contribution in [1.29, 1.82) is 5.26 Å². The average molecular weight is 265 g/mol. The highest BCUT2D eigenvalue weighted by molar-refractivity contribution is 5.76. The van der Waals surface area contributed by atoms with E-state index in [1.165, 1.54) is 6.07 Å². The number of hydrogen-bond acceptors (Lipinski definition) is 3. The summed E-state index contributed by atoms with van der Waals surface area (Å²) in [6.07, 6.45) is 0.715. The molecule has 0 heterocycles. The van der Waals surface area contributed by atoms with Gasteiger partial charge in [-0.05, 0) is 61.7 Å². The molecule has 20 heavy (non-hydrogen) atoms. The van der Waals surface area contributed by atoms with Crippen molar-refractivity contribution in [2.75, 3.05) is 0 Å². The van der Waals surface area contributed by atoms with E-state index in [2.05, 4.69) is 12.1 Å². The standard InChI is InChI=1S/C17H15NO2/c1-11-6-12(2)13(3)17(7-11)20-16-5-4-14(10-19)8-15(16)9-18/h4-8,10H,1-3H3. The third kappa shape index (κ3) is 2.70. The van der Waals surface area contributed by atoms with Gasteiger partial charge >= 0.3 is 0 Å². The lowest BCUT2D eigenvalue weighted by molar-refractivity contribution is 0.112. The van der Waals surface area contributed by atoms with Crippen molar-refractivity contribution in [3.8, 4) is 17.6 Å². The first kappa shape index (κ1) is 13.8. The summed E-state index contributed by atoms with van der Waals surface area (Å²) < 4.78 is 5.85. The lowest BCUT2D eigenvalue weighted by atomic mass is 10.1. The number of rotatable bonds is 3. The zero-order valence-corrected chi connectivity index (χ0v) is 11.7. The van der Waals surface area contributed by atoms with Gasteiger partial charge in [0.2, 0.25) is 0 Å². The zero-order chi connectivity index (χ0) is 14.7. The fourth-order valence-corrected chi connectivity index (χ4v) is 2.02. The second-order valence-corrected chi connectivity index (χ2v) is 4.79. The smallest absolute Gasteiger partial charge is 0.150 e. The molecule has 0 N–H and O–H groups in total. The maximum atomic E-state index is 10.7. The minimum absolute atomic E-state index is 0.355. The van der Waals surface area contributed by atoms with E-state index in [1.54, 1.807) is 12.1 Å². The Bertz CT molecular complexity index is 712. The third-order valence-corrected chi connectivity index (χ3v) is 3.24. The van der Waals surface area contributed by atoms with Crippen LogP contribution in [0.25, 0.3) is 0 Å². The van der Waals surface area contributed by atoms with Crippen LogP contribution in [-0.4, -0.2) is 6.29 Å². The van der Waals surface area contributed by atoms with Crippen LogP contribution >= 0.6 is 0 Å². The minimum atomic E-state index is 0.355. The summed E-state index contributed by atoms with van der Waals surface area (Å²) in [5, 5.41) is 9.15. The molecule has 0 unspecified atom stereocenters. The molecule has 2 aromatic carbocycles. The summed E-state index contributed by atoms with van der Waals surface area (Å²) in [4.78, 5) is 10.7. The summed E-state index contributed by atoms with van der Waals surface area (Å²) in [6, 6.07) is 10.9. The van der Waals surface area contributed by atoms with Gasteiger partial charge in [0, 0.05) is 5.56 Å². The molecule has 2 rings (SSSR count). The number of hydrogen-bond donors (Lipinski definition) is 0. The van der Waals surface area contributed by atoms with Gasteiger partial charge in [0.15, 0.2) is 0 Å². The number of nitriles is 1. The van der Waals surface area contributed by atoms with Crippen LogP contribution in [0.3, 0.4) is 0 Å². The van der Waals surface area contributed by atoms with Crippen LogP contribution < -0.4 is 4.74 Å². The van der Waals surface area contributed by atoms with Crippen molar-refractivity contribution in [2.24, 2.45) is 0 Å². The van der Waals surface area contributed by atoms with Crippen LogP contribution in [0.4, 0.5) is 0 Å². The summed E-state index contributed by atoms with van der Waals surface area (Å²) in [6.45, 7) is 6.01. The van der Waals surface area contributed by atoms with E-state index in [9.17, 15) is 4.79 Å². The first-order valence-corrected chi connectivity index (χ1v) is 6.30. The molecule has 0 bridgehead atoms. The van der Waals surface area contributed by atoms with E-state index >= 15 is 0 Å². The molecule has 0 atom stereocenters. The molecule has 0 aliphatic heterocycles. The predicted molar refractivity (Wildman–Crippen MR) is 77.3 cm³/mol. The highest BCUT2D eigenvalue weighted by Gasteiger charge is 2.09. The Labute approximate surface area is 118 Å². The number of benzene rings is 2. The van der Waals surface area contributed by atoms with E-state index in [1.807, 2.05) is 26.8 Å². The topological polar surface area (TPSA) is 50.1 Å². The lowest BCUT2D eigenvalue weighted by Gasteiger charge is -2.13. The van der Waals surface area contributed by atoms with Gasteiger partial charge in [-0.1, -0.05) is 6.07 Å². The van der Waals surface area contributed by atoms with Crippen molar-refractivity contribution >= 4 is 6.29 Å². The second-order valence-electron chi connectivity index (χ2n) is 4.79. The largest absolute Gasteiger partial charge is 0.456 e. The molecule has 0 amide bonds.